The molecule has 0 aromatic heterocycles. The third-order valence-corrected chi connectivity index (χ3v) is 2.30. The van der Waals surface area contributed by atoms with E-state index in [1.165, 1.54) is 30.4 Å². The van der Waals surface area contributed by atoms with E-state index < -0.39 is 0 Å². The Hall–Kier alpha value is -0.780. The van der Waals surface area contributed by atoms with Gasteiger partial charge in [0, 0.05) is 0 Å². The van der Waals surface area contributed by atoms with Crippen LogP contribution in [0.4, 0.5) is 0 Å². The molecule has 0 aliphatic heterocycles. The Balaban J connectivity index is 2.59. The van der Waals surface area contributed by atoms with Gasteiger partial charge in [-0.2, -0.15) is 0 Å². The Bertz CT molecular complexity index is 260. The first-order chi connectivity index (χ1) is 6.72. The molecule has 1 radical (unpaired) electrons. The molecule has 1 rings (SSSR count). The number of aryl methyl sites for hydroxylation is 1. The SMILES string of the molecule is CCCCc1cccc([CH]C(C)C)c1. The van der Waals surface area contributed by atoms with Crippen molar-refractivity contribution >= 4 is 0 Å². The largest absolute Gasteiger partial charge is 0.0654 e. The molecule has 0 fully saturated rings. The zero-order chi connectivity index (χ0) is 10.4. The highest BCUT2D eigenvalue weighted by Crippen LogP contribution is 2.14. The number of hydrogen-bond acceptors (Lipinski definition) is 0. The van der Waals surface area contributed by atoms with Gasteiger partial charge < -0.3 is 0 Å². The van der Waals surface area contributed by atoms with Crippen molar-refractivity contribution in [1.82, 2.24) is 0 Å². The van der Waals surface area contributed by atoms with E-state index in [4.69, 9.17) is 0 Å². The van der Waals surface area contributed by atoms with Gasteiger partial charge in [-0.25, -0.2) is 0 Å². The van der Waals surface area contributed by atoms with E-state index >= 15 is 0 Å². The number of unbranched alkanes of at least 4 members (excludes halogenated alkanes) is 1. The second kappa shape index (κ2) is 5.85. The third kappa shape index (κ3) is 3.95. The Morgan fingerprint density at radius 2 is 2.07 bits per heavy atom. The third-order valence-electron chi connectivity index (χ3n) is 2.30. The Morgan fingerprint density at radius 1 is 1.29 bits per heavy atom. The lowest BCUT2D eigenvalue weighted by atomic mass is 9.99. The van der Waals surface area contributed by atoms with Gasteiger partial charge in [-0.3, -0.25) is 0 Å². The molecule has 0 amide bonds. The maximum atomic E-state index is 2.32. The molecule has 0 saturated heterocycles. The quantitative estimate of drug-likeness (QED) is 0.650. The molecule has 0 heterocycles. The van der Waals surface area contributed by atoms with Crippen molar-refractivity contribution in [3.63, 3.8) is 0 Å². The summed E-state index contributed by atoms with van der Waals surface area (Å²) in [5.74, 6) is 0.636. The fraction of sp³-hybridized carbons (Fsp3) is 0.500. The van der Waals surface area contributed by atoms with E-state index in [1.54, 1.807) is 0 Å². The predicted molar refractivity (Wildman–Crippen MR) is 63.3 cm³/mol. The van der Waals surface area contributed by atoms with E-state index in [2.05, 4.69) is 51.5 Å². The van der Waals surface area contributed by atoms with Gasteiger partial charge in [0.1, 0.15) is 0 Å². The van der Waals surface area contributed by atoms with Crippen LogP contribution in [0.3, 0.4) is 0 Å². The lowest BCUT2D eigenvalue weighted by molar-refractivity contribution is 0.772. The van der Waals surface area contributed by atoms with Crippen LogP contribution in [0.5, 0.6) is 0 Å². The van der Waals surface area contributed by atoms with Crippen LogP contribution in [0.25, 0.3) is 0 Å². The van der Waals surface area contributed by atoms with E-state index in [9.17, 15) is 0 Å². The van der Waals surface area contributed by atoms with Gasteiger partial charge >= 0.3 is 0 Å². The van der Waals surface area contributed by atoms with Crippen LogP contribution in [0.15, 0.2) is 24.3 Å². The summed E-state index contributed by atoms with van der Waals surface area (Å²) in [7, 11) is 0. The molecule has 0 aliphatic carbocycles. The molecule has 0 N–H and O–H groups in total. The molecule has 0 heteroatoms. The smallest absolute Gasteiger partial charge is 0.00675 e. The number of rotatable bonds is 5. The molecule has 0 unspecified atom stereocenters. The van der Waals surface area contributed by atoms with Gasteiger partial charge in [-0.05, 0) is 36.3 Å². The lowest BCUT2D eigenvalue weighted by Crippen LogP contribution is -1.92. The molecule has 14 heavy (non-hydrogen) atoms. The lowest BCUT2D eigenvalue weighted by Gasteiger charge is -2.06. The first kappa shape index (κ1) is 11.3. The number of hydrogen-bond donors (Lipinski definition) is 0. The molecule has 77 valence electrons. The molecule has 0 spiro atoms. The summed E-state index contributed by atoms with van der Waals surface area (Å²) in [5, 5.41) is 0. The van der Waals surface area contributed by atoms with Crippen molar-refractivity contribution in [3.8, 4) is 0 Å². The van der Waals surface area contributed by atoms with Crippen LogP contribution in [0, 0.1) is 12.3 Å². The van der Waals surface area contributed by atoms with E-state index in [-0.39, 0.29) is 0 Å². The summed E-state index contributed by atoms with van der Waals surface area (Å²) in [6.07, 6.45) is 6.11. The Kier molecular flexibility index (Phi) is 4.72. The van der Waals surface area contributed by atoms with E-state index in [1.807, 2.05) is 0 Å². The average molecular weight is 189 g/mol. The van der Waals surface area contributed by atoms with Crippen LogP contribution in [-0.2, 0) is 6.42 Å². The summed E-state index contributed by atoms with van der Waals surface area (Å²) in [6, 6.07) is 8.90. The second-order valence-electron chi connectivity index (χ2n) is 4.26. The van der Waals surface area contributed by atoms with Crippen molar-refractivity contribution in [2.24, 2.45) is 5.92 Å². The van der Waals surface area contributed by atoms with Gasteiger partial charge in [0.05, 0.1) is 0 Å². The Morgan fingerprint density at radius 3 is 2.71 bits per heavy atom. The first-order valence-corrected chi connectivity index (χ1v) is 5.66. The van der Waals surface area contributed by atoms with Crippen molar-refractivity contribution in [2.45, 2.75) is 40.0 Å². The summed E-state index contributed by atoms with van der Waals surface area (Å²) >= 11 is 0. The minimum atomic E-state index is 0.636. The van der Waals surface area contributed by atoms with Crippen LogP contribution in [0.1, 0.15) is 44.7 Å². The van der Waals surface area contributed by atoms with E-state index in [0.29, 0.717) is 5.92 Å². The standard InChI is InChI=1S/C14H21/c1-4-5-7-13-8-6-9-14(11-13)10-12(2)3/h6,8-12H,4-5,7H2,1-3H3. The zero-order valence-electron chi connectivity index (χ0n) is 9.59. The van der Waals surface area contributed by atoms with Crippen LogP contribution in [0.2, 0.25) is 0 Å². The maximum absolute atomic E-state index is 2.32. The topological polar surface area (TPSA) is 0 Å². The summed E-state index contributed by atoms with van der Waals surface area (Å²) in [6.45, 7) is 6.68. The fourth-order valence-corrected chi connectivity index (χ4v) is 1.62. The minimum Gasteiger partial charge on any atom is -0.0654 e. The molecule has 0 saturated carbocycles. The summed E-state index contributed by atoms with van der Waals surface area (Å²) in [4.78, 5) is 0. The van der Waals surface area contributed by atoms with Crippen molar-refractivity contribution in [2.75, 3.05) is 0 Å². The van der Waals surface area contributed by atoms with Crippen molar-refractivity contribution in [1.29, 1.82) is 0 Å². The second-order valence-corrected chi connectivity index (χ2v) is 4.26. The Labute approximate surface area is 88.4 Å². The summed E-state index contributed by atoms with van der Waals surface area (Å²) in [5.41, 5.74) is 2.84. The fourth-order valence-electron chi connectivity index (χ4n) is 1.62. The normalized spacial score (nSPS) is 10.9. The van der Waals surface area contributed by atoms with Crippen LogP contribution in [-0.4, -0.2) is 0 Å². The minimum absolute atomic E-state index is 0.636. The molecule has 0 atom stereocenters. The van der Waals surface area contributed by atoms with E-state index in [0.717, 1.165) is 0 Å². The van der Waals surface area contributed by atoms with Gasteiger partial charge in [-0.1, -0.05) is 51.5 Å². The molecule has 0 nitrogen and oxygen atoms in total. The molecule has 1 aromatic rings. The van der Waals surface area contributed by atoms with Gasteiger partial charge in [0.2, 0.25) is 0 Å². The molecular weight excluding hydrogens is 168 g/mol. The molecule has 0 bridgehead atoms. The highest BCUT2D eigenvalue weighted by molar-refractivity contribution is 5.29. The maximum Gasteiger partial charge on any atom is -0.00675 e. The average Bonchev–Trinajstić information content (AvgIpc) is 2.14. The first-order valence-electron chi connectivity index (χ1n) is 5.66. The highest BCUT2D eigenvalue weighted by atomic mass is 14.0. The highest BCUT2D eigenvalue weighted by Gasteiger charge is 1.99. The van der Waals surface area contributed by atoms with Crippen LogP contribution >= 0.6 is 0 Å². The number of benzene rings is 1. The summed E-state index contributed by atoms with van der Waals surface area (Å²) < 4.78 is 0. The van der Waals surface area contributed by atoms with Gasteiger partial charge in [0.25, 0.3) is 0 Å². The molecule has 0 aliphatic rings. The van der Waals surface area contributed by atoms with Crippen molar-refractivity contribution in [3.05, 3.63) is 41.8 Å². The zero-order valence-corrected chi connectivity index (χ0v) is 9.59. The predicted octanol–water partition coefficient (Wildman–Crippen LogP) is 4.24. The van der Waals surface area contributed by atoms with Gasteiger partial charge in [-0.15, -0.1) is 0 Å². The van der Waals surface area contributed by atoms with Crippen molar-refractivity contribution < 1.29 is 0 Å². The van der Waals surface area contributed by atoms with Gasteiger partial charge in [0.15, 0.2) is 0 Å². The van der Waals surface area contributed by atoms with Crippen LogP contribution < -0.4 is 0 Å². The molecular formula is C14H21. The molecule has 1 aromatic carbocycles. The monoisotopic (exact) mass is 189 g/mol.